The van der Waals surface area contributed by atoms with Gasteiger partial charge in [-0.3, -0.25) is 0 Å². The second kappa shape index (κ2) is 4.33. The van der Waals surface area contributed by atoms with E-state index in [0.29, 0.717) is 5.11 Å². The van der Waals surface area contributed by atoms with Gasteiger partial charge in [0.1, 0.15) is 0 Å². The van der Waals surface area contributed by atoms with Gasteiger partial charge in [-0.15, -0.1) is 11.8 Å². The van der Waals surface area contributed by atoms with Gasteiger partial charge in [-0.1, -0.05) is 12.1 Å². The van der Waals surface area contributed by atoms with Crippen molar-refractivity contribution in [2.24, 2.45) is 5.73 Å². The van der Waals surface area contributed by atoms with Crippen molar-refractivity contribution in [2.75, 3.05) is 11.6 Å². The molecule has 0 fully saturated rings. The first kappa shape index (κ1) is 9.35. The van der Waals surface area contributed by atoms with Gasteiger partial charge in [0.25, 0.3) is 0 Å². The zero-order chi connectivity index (χ0) is 8.97. The van der Waals surface area contributed by atoms with E-state index in [1.165, 1.54) is 0 Å². The second-order valence-corrected chi connectivity index (χ2v) is 3.48. The molecule has 0 saturated carbocycles. The number of thiocarbonyl (C=S) groups is 1. The molecule has 0 amide bonds. The molecule has 0 aliphatic carbocycles. The van der Waals surface area contributed by atoms with E-state index >= 15 is 0 Å². The van der Waals surface area contributed by atoms with Gasteiger partial charge in [0.15, 0.2) is 5.11 Å². The van der Waals surface area contributed by atoms with Gasteiger partial charge < -0.3 is 11.1 Å². The molecule has 12 heavy (non-hydrogen) atoms. The molecule has 1 aromatic carbocycles. The molecule has 0 aliphatic rings. The molecule has 0 aliphatic heterocycles. The highest BCUT2D eigenvalue weighted by Gasteiger charge is 1.98. The number of anilines is 1. The Labute approximate surface area is 81.5 Å². The monoisotopic (exact) mass is 198 g/mol. The number of thioether (sulfide) groups is 1. The van der Waals surface area contributed by atoms with Crippen molar-refractivity contribution in [3.05, 3.63) is 24.3 Å². The van der Waals surface area contributed by atoms with Crippen molar-refractivity contribution in [1.29, 1.82) is 0 Å². The smallest absolute Gasteiger partial charge is 0.168 e. The van der Waals surface area contributed by atoms with Crippen LogP contribution in [0.3, 0.4) is 0 Å². The molecular formula is C8H10N2S2. The normalized spacial score (nSPS) is 9.42. The minimum atomic E-state index is 0.302. The molecule has 0 unspecified atom stereocenters. The van der Waals surface area contributed by atoms with E-state index in [2.05, 4.69) is 5.32 Å². The van der Waals surface area contributed by atoms with Crippen LogP contribution in [0.25, 0.3) is 0 Å². The van der Waals surface area contributed by atoms with Crippen LogP contribution in [0.5, 0.6) is 0 Å². The van der Waals surface area contributed by atoms with Crippen molar-refractivity contribution in [1.82, 2.24) is 0 Å². The molecule has 2 nitrogen and oxygen atoms in total. The number of benzene rings is 1. The van der Waals surface area contributed by atoms with Crippen molar-refractivity contribution in [2.45, 2.75) is 4.90 Å². The fraction of sp³-hybridized carbons (Fsp3) is 0.125. The summed E-state index contributed by atoms with van der Waals surface area (Å²) in [6.45, 7) is 0. The van der Waals surface area contributed by atoms with E-state index in [1.807, 2.05) is 30.5 Å². The van der Waals surface area contributed by atoms with Gasteiger partial charge in [-0.05, 0) is 30.6 Å². The standard InChI is InChI=1S/C8H10N2S2/c1-12-7-5-3-2-4-6(7)10-8(9)11/h2-5H,1H3,(H3,9,10,11). The van der Waals surface area contributed by atoms with Gasteiger partial charge >= 0.3 is 0 Å². The summed E-state index contributed by atoms with van der Waals surface area (Å²) >= 11 is 6.40. The lowest BCUT2D eigenvalue weighted by Crippen LogP contribution is -2.19. The zero-order valence-corrected chi connectivity index (χ0v) is 8.34. The molecule has 0 bridgehead atoms. The van der Waals surface area contributed by atoms with Crippen molar-refractivity contribution < 1.29 is 0 Å². The quantitative estimate of drug-likeness (QED) is 0.563. The van der Waals surface area contributed by atoms with Gasteiger partial charge in [0, 0.05) is 4.90 Å². The predicted molar refractivity (Wildman–Crippen MR) is 58.6 cm³/mol. The molecular weight excluding hydrogens is 188 g/mol. The Bertz CT molecular complexity index is 286. The van der Waals surface area contributed by atoms with Crippen LogP contribution in [0.4, 0.5) is 5.69 Å². The molecule has 64 valence electrons. The summed E-state index contributed by atoms with van der Waals surface area (Å²) in [6.07, 6.45) is 2.01. The highest BCUT2D eigenvalue weighted by Crippen LogP contribution is 2.24. The highest BCUT2D eigenvalue weighted by atomic mass is 32.2. The van der Waals surface area contributed by atoms with E-state index < -0.39 is 0 Å². The molecule has 4 heteroatoms. The second-order valence-electron chi connectivity index (χ2n) is 2.19. The lowest BCUT2D eigenvalue weighted by molar-refractivity contribution is 1.44. The van der Waals surface area contributed by atoms with E-state index in [0.717, 1.165) is 10.6 Å². The number of rotatable bonds is 2. The van der Waals surface area contributed by atoms with Crippen LogP contribution in [0.2, 0.25) is 0 Å². The van der Waals surface area contributed by atoms with Gasteiger partial charge in [0.2, 0.25) is 0 Å². The topological polar surface area (TPSA) is 38.0 Å². The third kappa shape index (κ3) is 2.39. The Morgan fingerprint density at radius 3 is 2.75 bits per heavy atom. The fourth-order valence-electron chi connectivity index (χ4n) is 0.881. The lowest BCUT2D eigenvalue weighted by atomic mass is 10.3. The first-order chi connectivity index (χ1) is 5.74. The average Bonchev–Trinajstić information content (AvgIpc) is 2.04. The lowest BCUT2D eigenvalue weighted by Gasteiger charge is -2.07. The molecule has 1 aromatic rings. The Hall–Kier alpha value is -0.740. The molecule has 1 rings (SSSR count). The Kier molecular flexibility index (Phi) is 3.37. The van der Waals surface area contributed by atoms with Crippen molar-refractivity contribution in [3.8, 4) is 0 Å². The summed E-state index contributed by atoms with van der Waals surface area (Å²) in [4.78, 5) is 1.14. The predicted octanol–water partition coefficient (Wildman–Crippen LogP) is 2.06. The average molecular weight is 198 g/mol. The summed E-state index contributed by atoms with van der Waals surface area (Å²) < 4.78 is 0. The van der Waals surface area contributed by atoms with Crippen LogP contribution in [-0.2, 0) is 0 Å². The maximum absolute atomic E-state index is 5.36. The third-order valence-corrected chi connectivity index (χ3v) is 2.26. The van der Waals surface area contributed by atoms with Crippen LogP contribution in [-0.4, -0.2) is 11.4 Å². The minimum Gasteiger partial charge on any atom is -0.376 e. The maximum atomic E-state index is 5.36. The Balaban J connectivity index is 2.89. The van der Waals surface area contributed by atoms with Crippen LogP contribution < -0.4 is 11.1 Å². The van der Waals surface area contributed by atoms with E-state index in [1.54, 1.807) is 11.8 Å². The number of nitrogens with one attached hydrogen (secondary N) is 1. The fourth-order valence-corrected chi connectivity index (χ4v) is 1.54. The molecule has 3 N–H and O–H groups in total. The summed E-state index contributed by atoms with van der Waals surface area (Å²) in [7, 11) is 0. The zero-order valence-electron chi connectivity index (χ0n) is 6.70. The van der Waals surface area contributed by atoms with E-state index in [9.17, 15) is 0 Å². The van der Waals surface area contributed by atoms with Gasteiger partial charge in [0.05, 0.1) is 5.69 Å². The van der Waals surface area contributed by atoms with E-state index in [-0.39, 0.29) is 0 Å². The Morgan fingerprint density at radius 1 is 1.50 bits per heavy atom. The van der Waals surface area contributed by atoms with Crippen LogP contribution in [0, 0.1) is 0 Å². The summed E-state index contributed by atoms with van der Waals surface area (Å²) in [5, 5.41) is 3.22. The number of hydrogen-bond donors (Lipinski definition) is 2. The molecule has 0 spiro atoms. The number of nitrogens with two attached hydrogens (primary N) is 1. The van der Waals surface area contributed by atoms with Crippen LogP contribution in [0.15, 0.2) is 29.2 Å². The van der Waals surface area contributed by atoms with Crippen molar-refractivity contribution >= 4 is 34.8 Å². The van der Waals surface area contributed by atoms with Crippen molar-refractivity contribution in [3.63, 3.8) is 0 Å². The third-order valence-electron chi connectivity index (χ3n) is 1.36. The highest BCUT2D eigenvalue weighted by molar-refractivity contribution is 7.98. The first-order valence-corrected chi connectivity index (χ1v) is 5.07. The minimum absolute atomic E-state index is 0.302. The van der Waals surface area contributed by atoms with E-state index in [4.69, 9.17) is 18.0 Å². The maximum Gasteiger partial charge on any atom is 0.168 e. The molecule has 0 aromatic heterocycles. The Morgan fingerprint density at radius 2 is 2.17 bits per heavy atom. The van der Waals surface area contributed by atoms with Gasteiger partial charge in [-0.25, -0.2) is 0 Å². The molecule has 0 heterocycles. The summed E-state index contributed by atoms with van der Waals surface area (Å²) in [5.74, 6) is 0. The summed E-state index contributed by atoms with van der Waals surface area (Å²) in [6, 6.07) is 7.90. The van der Waals surface area contributed by atoms with Crippen LogP contribution >= 0.6 is 24.0 Å². The SMILES string of the molecule is CSc1ccccc1NC(N)=S. The molecule has 0 saturated heterocycles. The number of para-hydroxylation sites is 1. The first-order valence-electron chi connectivity index (χ1n) is 3.43. The largest absolute Gasteiger partial charge is 0.376 e. The van der Waals surface area contributed by atoms with Crippen LogP contribution in [0.1, 0.15) is 0 Å². The number of hydrogen-bond acceptors (Lipinski definition) is 2. The molecule has 0 radical (unpaired) electrons. The van der Waals surface area contributed by atoms with Gasteiger partial charge in [-0.2, -0.15) is 0 Å². The molecule has 0 atom stereocenters. The summed E-state index contributed by atoms with van der Waals surface area (Å²) in [5.41, 5.74) is 6.33.